The van der Waals surface area contributed by atoms with E-state index < -0.39 is 11.7 Å². The van der Waals surface area contributed by atoms with Gasteiger partial charge in [-0.2, -0.15) is 0 Å². The molecule has 0 radical (unpaired) electrons. The first-order chi connectivity index (χ1) is 13.4. The van der Waals surface area contributed by atoms with Gasteiger partial charge in [0.25, 0.3) is 17.6 Å². The Balaban J connectivity index is 1.49. The number of carbonyl (C=O) groups is 2. The van der Waals surface area contributed by atoms with Gasteiger partial charge in [0.2, 0.25) is 5.89 Å². The van der Waals surface area contributed by atoms with Crippen LogP contribution in [-0.4, -0.2) is 21.9 Å². The van der Waals surface area contributed by atoms with Crippen molar-refractivity contribution in [2.45, 2.75) is 27.0 Å². The third kappa shape index (κ3) is 3.36. The highest BCUT2D eigenvalue weighted by Crippen LogP contribution is 2.34. The van der Waals surface area contributed by atoms with Crippen molar-refractivity contribution in [2.75, 3.05) is 4.90 Å². The summed E-state index contributed by atoms with van der Waals surface area (Å²) in [6, 6.07) is 10.5. The predicted molar refractivity (Wildman–Crippen MR) is 102 cm³/mol. The molecule has 0 atom stereocenters. The van der Waals surface area contributed by atoms with Crippen molar-refractivity contribution in [1.82, 2.24) is 10.2 Å². The fourth-order valence-corrected chi connectivity index (χ4v) is 3.33. The Bertz CT molecular complexity index is 1080. The number of aryl methyl sites for hydroxylation is 2. The van der Waals surface area contributed by atoms with Gasteiger partial charge in [0.1, 0.15) is 12.3 Å². The average molecular weight is 398 g/mol. The summed E-state index contributed by atoms with van der Waals surface area (Å²) in [4.78, 5) is 26.1. The minimum absolute atomic E-state index is 0.0232. The minimum atomic E-state index is -0.596. The van der Waals surface area contributed by atoms with Gasteiger partial charge in [-0.15, -0.1) is 10.2 Å². The first-order valence-electron chi connectivity index (χ1n) is 8.59. The molecule has 1 aromatic heterocycles. The van der Waals surface area contributed by atoms with Crippen LogP contribution in [0.25, 0.3) is 0 Å². The molecule has 142 valence electrons. The number of amides is 1. The molecule has 8 heteroatoms. The molecule has 1 amide bonds. The van der Waals surface area contributed by atoms with Crippen molar-refractivity contribution < 1.29 is 18.7 Å². The van der Waals surface area contributed by atoms with E-state index in [-0.39, 0.29) is 24.9 Å². The third-order valence-corrected chi connectivity index (χ3v) is 4.63. The highest BCUT2D eigenvalue weighted by Gasteiger charge is 2.38. The van der Waals surface area contributed by atoms with Crippen molar-refractivity contribution in [3.05, 3.63) is 69.9 Å². The van der Waals surface area contributed by atoms with E-state index in [4.69, 9.17) is 20.8 Å². The summed E-state index contributed by atoms with van der Waals surface area (Å²) in [6.07, 6.45) is 0. The van der Waals surface area contributed by atoms with Gasteiger partial charge in [-0.1, -0.05) is 17.7 Å². The smallest absolute Gasteiger partial charge is 0.299 e. The normalized spacial score (nSPS) is 13.2. The number of anilines is 1. The largest absolute Gasteiger partial charge is 0.484 e. The van der Waals surface area contributed by atoms with Gasteiger partial charge in [-0.3, -0.25) is 14.5 Å². The molecule has 4 rings (SSSR count). The van der Waals surface area contributed by atoms with Crippen LogP contribution in [-0.2, 0) is 17.9 Å². The van der Waals surface area contributed by atoms with Crippen LogP contribution in [0.4, 0.5) is 5.69 Å². The standard InChI is InChI=1S/C20H16ClN3O4/c1-11-7-12(2)18-15(8-11)19(25)20(26)24(18)9-16-22-23-17(28-16)10-27-14-5-3-13(21)4-6-14/h3-8H,9-10H2,1-2H3. The van der Waals surface area contributed by atoms with Gasteiger partial charge in [-0.05, 0) is 55.3 Å². The van der Waals surface area contributed by atoms with E-state index in [0.717, 1.165) is 11.1 Å². The molecule has 0 aliphatic carbocycles. The molecular weight excluding hydrogens is 382 g/mol. The lowest BCUT2D eigenvalue weighted by Gasteiger charge is -2.16. The summed E-state index contributed by atoms with van der Waals surface area (Å²) >= 11 is 5.84. The van der Waals surface area contributed by atoms with Crippen molar-refractivity contribution in [3.63, 3.8) is 0 Å². The summed E-state index contributed by atoms with van der Waals surface area (Å²) in [5.74, 6) is -0.00896. The predicted octanol–water partition coefficient (Wildman–Crippen LogP) is 3.65. The fraction of sp³-hybridized carbons (Fsp3) is 0.200. The lowest BCUT2D eigenvalue weighted by molar-refractivity contribution is -0.114. The number of hydrogen-bond acceptors (Lipinski definition) is 6. The van der Waals surface area contributed by atoms with E-state index >= 15 is 0 Å². The maximum atomic E-state index is 12.4. The Morgan fingerprint density at radius 3 is 2.54 bits per heavy atom. The Hall–Kier alpha value is -3.19. The van der Waals surface area contributed by atoms with Gasteiger partial charge in [0, 0.05) is 5.02 Å². The molecule has 28 heavy (non-hydrogen) atoms. The Morgan fingerprint density at radius 2 is 1.79 bits per heavy atom. The van der Waals surface area contributed by atoms with Gasteiger partial charge in [-0.25, -0.2) is 0 Å². The van der Waals surface area contributed by atoms with Gasteiger partial charge >= 0.3 is 0 Å². The molecule has 0 fully saturated rings. The molecule has 0 saturated carbocycles. The lowest BCUT2D eigenvalue weighted by atomic mass is 10.0. The maximum absolute atomic E-state index is 12.4. The molecule has 0 N–H and O–H groups in total. The maximum Gasteiger partial charge on any atom is 0.299 e. The second kappa shape index (κ2) is 7.09. The number of rotatable bonds is 5. The van der Waals surface area contributed by atoms with Gasteiger partial charge in [0.05, 0.1) is 11.3 Å². The summed E-state index contributed by atoms with van der Waals surface area (Å²) in [5.41, 5.74) is 2.78. The van der Waals surface area contributed by atoms with Crippen molar-refractivity contribution in [3.8, 4) is 5.75 Å². The quantitative estimate of drug-likeness (QED) is 0.611. The summed E-state index contributed by atoms with van der Waals surface area (Å²) < 4.78 is 11.1. The van der Waals surface area contributed by atoms with E-state index in [9.17, 15) is 9.59 Å². The Kier molecular flexibility index (Phi) is 4.60. The Labute approximate surface area is 165 Å². The Morgan fingerprint density at radius 1 is 1.07 bits per heavy atom. The first kappa shape index (κ1) is 18.2. The molecule has 3 aromatic rings. The molecule has 1 aliphatic heterocycles. The van der Waals surface area contributed by atoms with Crippen molar-refractivity contribution in [2.24, 2.45) is 0 Å². The third-order valence-electron chi connectivity index (χ3n) is 4.38. The second-order valence-electron chi connectivity index (χ2n) is 6.53. The first-order valence-corrected chi connectivity index (χ1v) is 8.97. The zero-order valence-electron chi connectivity index (χ0n) is 15.2. The van der Waals surface area contributed by atoms with E-state index in [2.05, 4.69) is 10.2 Å². The topological polar surface area (TPSA) is 85.5 Å². The highest BCUT2D eigenvalue weighted by atomic mass is 35.5. The molecule has 0 unspecified atom stereocenters. The molecule has 2 aromatic carbocycles. The lowest BCUT2D eigenvalue weighted by Crippen LogP contribution is -2.29. The number of fused-ring (bicyclic) bond motifs is 1. The van der Waals surface area contributed by atoms with Crippen LogP contribution in [0.3, 0.4) is 0 Å². The number of Topliss-reactive ketones (excluding diaryl/α,β-unsaturated/α-hetero) is 1. The van der Waals surface area contributed by atoms with Crippen LogP contribution in [0.1, 0.15) is 33.3 Å². The number of ether oxygens (including phenoxy) is 1. The number of ketones is 1. The number of halogens is 1. The van der Waals surface area contributed by atoms with E-state index in [0.29, 0.717) is 22.0 Å². The van der Waals surface area contributed by atoms with E-state index in [1.807, 2.05) is 19.9 Å². The molecule has 2 heterocycles. The number of benzene rings is 2. The van der Waals surface area contributed by atoms with Crippen LogP contribution in [0.2, 0.25) is 5.02 Å². The molecule has 0 bridgehead atoms. The summed E-state index contributed by atoms with van der Waals surface area (Å²) in [6.45, 7) is 3.86. The van der Waals surface area contributed by atoms with Crippen molar-refractivity contribution >= 4 is 29.0 Å². The van der Waals surface area contributed by atoms with E-state index in [1.165, 1.54) is 4.90 Å². The fourth-order valence-electron chi connectivity index (χ4n) is 3.20. The van der Waals surface area contributed by atoms with Gasteiger partial charge < -0.3 is 9.15 Å². The molecular formula is C20H16ClN3O4. The molecule has 7 nitrogen and oxygen atoms in total. The monoisotopic (exact) mass is 397 g/mol. The average Bonchev–Trinajstić information content (AvgIpc) is 3.20. The van der Waals surface area contributed by atoms with Crippen LogP contribution >= 0.6 is 11.6 Å². The SMILES string of the molecule is Cc1cc(C)c2c(c1)C(=O)C(=O)N2Cc1nnc(COc2ccc(Cl)cc2)o1. The number of carbonyl (C=O) groups excluding carboxylic acids is 2. The summed E-state index contributed by atoms with van der Waals surface area (Å²) in [5, 5.41) is 8.51. The second-order valence-corrected chi connectivity index (χ2v) is 6.97. The van der Waals surface area contributed by atoms with Crippen LogP contribution in [0.15, 0.2) is 40.8 Å². The number of nitrogens with zero attached hydrogens (tertiary/aromatic N) is 3. The molecule has 0 saturated heterocycles. The number of aromatic nitrogens is 2. The number of hydrogen-bond donors (Lipinski definition) is 0. The van der Waals surface area contributed by atoms with Crippen LogP contribution < -0.4 is 9.64 Å². The molecule has 1 aliphatic rings. The minimum Gasteiger partial charge on any atom is -0.484 e. The van der Waals surface area contributed by atoms with E-state index in [1.54, 1.807) is 30.3 Å². The van der Waals surface area contributed by atoms with Crippen LogP contribution in [0, 0.1) is 13.8 Å². The molecule has 0 spiro atoms. The van der Waals surface area contributed by atoms with Crippen molar-refractivity contribution in [1.29, 1.82) is 0 Å². The zero-order chi connectivity index (χ0) is 19.8. The van der Waals surface area contributed by atoms with Crippen LogP contribution in [0.5, 0.6) is 5.75 Å². The summed E-state index contributed by atoms with van der Waals surface area (Å²) in [7, 11) is 0. The zero-order valence-corrected chi connectivity index (χ0v) is 16.0. The van der Waals surface area contributed by atoms with Gasteiger partial charge in [0.15, 0.2) is 6.61 Å². The highest BCUT2D eigenvalue weighted by molar-refractivity contribution is 6.52.